The van der Waals surface area contributed by atoms with Crippen molar-refractivity contribution in [3.05, 3.63) is 53.1 Å². The number of aliphatic hydroxyl groups excluding tert-OH is 1. The molecule has 2 aromatic rings. The van der Waals surface area contributed by atoms with Gasteiger partial charge in [-0.2, -0.15) is 0 Å². The molecule has 1 unspecified atom stereocenters. The van der Waals surface area contributed by atoms with Crippen LogP contribution in [0, 0.1) is 0 Å². The maximum absolute atomic E-state index is 10.7. The van der Waals surface area contributed by atoms with Gasteiger partial charge in [0.05, 0.1) is 20.8 Å². The molecule has 0 saturated heterocycles. The zero-order valence-corrected chi connectivity index (χ0v) is 12.1. The third-order valence-electron chi connectivity index (χ3n) is 3.76. The van der Waals surface area contributed by atoms with E-state index in [9.17, 15) is 5.11 Å². The molecule has 1 N–H and O–H groups in total. The van der Waals surface area contributed by atoms with Gasteiger partial charge in [-0.25, -0.2) is 0 Å². The Morgan fingerprint density at radius 1 is 1.10 bits per heavy atom. The Hall–Kier alpha value is -2.20. The molecule has 1 aliphatic heterocycles. The molecule has 1 atom stereocenters. The first-order valence-corrected chi connectivity index (χ1v) is 6.88. The van der Waals surface area contributed by atoms with Crippen LogP contribution in [-0.4, -0.2) is 25.9 Å². The van der Waals surface area contributed by atoms with Crippen LogP contribution in [0.4, 0.5) is 0 Å². The van der Waals surface area contributed by atoms with Crippen LogP contribution in [0.15, 0.2) is 36.4 Å². The molecule has 1 aliphatic rings. The van der Waals surface area contributed by atoms with Crippen LogP contribution in [0.3, 0.4) is 0 Å². The largest absolute Gasteiger partial charge is 0.497 e. The minimum atomic E-state index is -0.763. The van der Waals surface area contributed by atoms with Crippen LogP contribution in [-0.2, 0) is 6.42 Å². The van der Waals surface area contributed by atoms with Crippen molar-refractivity contribution in [2.75, 3.05) is 20.8 Å². The summed E-state index contributed by atoms with van der Waals surface area (Å²) in [6, 6.07) is 11.2. The lowest BCUT2D eigenvalue weighted by atomic mass is 9.98. The molecule has 4 heteroatoms. The van der Waals surface area contributed by atoms with Crippen LogP contribution in [0.1, 0.15) is 22.8 Å². The highest BCUT2D eigenvalue weighted by atomic mass is 16.5. The van der Waals surface area contributed by atoms with E-state index in [2.05, 4.69) is 0 Å². The maximum Gasteiger partial charge on any atom is 0.125 e. The topological polar surface area (TPSA) is 47.9 Å². The Balaban J connectivity index is 1.99. The van der Waals surface area contributed by atoms with Crippen LogP contribution in [0.2, 0.25) is 0 Å². The lowest BCUT2D eigenvalue weighted by Gasteiger charge is -2.17. The van der Waals surface area contributed by atoms with Crippen LogP contribution < -0.4 is 14.2 Å². The second-order valence-corrected chi connectivity index (χ2v) is 4.98. The van der Waals surface area contributed by atoms with Crippen molar-refractivity contribution in [3.63, 3.8) is 0 Å². The van der Waals surface area contributed by atoms with E-state index in [-0.39, 0.29) is 0 Å². The van der Waals surface area contributed by atoms with Gasteiger partial charge in [-0.15, -0.1) is 0 Å². The first-order valence-electron chi connectivity index (χ1n) is 6.88. The highest BCUT2D eigenvalue weighted by molar-refractivity contribution is 5.47. The fourth-order valence-electron chi connectivity index (χ4n) is 2.61. The molecule has 0 aromatic heterocycles. The molecule has 0 amide bonds. The fraction of sp³-hybridized carbons (Fsp3) is 0.294. The molecule has 0 bridgehead atoms. The predicted molar refractivity (Wildman–Crippen MR) is 79.2 cm³/mol. The van der Waals surface area contributed by atoms with Crippen LogP contribution in [0.25, 0.3) is 0 Å². The molecule has 0 radical (unpaired) electrons. The second-order valence-electron chi connectivity index (χ2n) is 4.98. The third kappa shape index (κ3) is 2.54. The summed E-state index contributed by atoms with van der Waals surface area (Å²) in [5.41, 5.74) is 2.65. The van der Waals surface area contributed by atoms with Gasteiger partial charge in [0, 0.05) is 12.0 Å². The number of rotatable bonds is 4. The average molecular weight is 286 g/mol. The molecule has 3 rings (SSSR count). The van der Waals surface area contributed by atoms with Crippen LogP contribution >= 0.6 is 0 Å². The molecule has 2 aromatic carbocycles. The molecule has 0 aliphatic carbocycles. The normalized spacial score (nSPS) is 14.2. The Kier molecular flexibility index (Phi) is 3.71. The lowest BCUT2D eigenvalue weighted by Crippen LogP contribution is -2.03. The monoisotopic (exact) mass is 286 g/mol. The summed E-state index contributed by atoms with van der Waals surface area (Å²) in [4.78, 5) is 0. The van der Waals surface area contributed by atoms with E-state index in [4.69, 9.17) is 14.2 Å². The maximum atomic E-state index is 10.7. The summed E-state index contributed by atoms with van der Waals surface area (Å²) in [7, 11) is 3.19. The van der Waals surface area contributed by atoms with E-state index in [1.807, 2.05) is 24.3 Å². The molecule has 0 spiro atoms. The van der Waals surface area contributed by atoms with Crippen molar-refractivity contribution < 1.29 is 19.3 Å². The van der Waals surface area contributed by atoms with Gasteiger partial charge in [-0.3, -0.25) is 0 Å². The van der Waals surface area contributed by atoms with Crippen molar-refractivity contribution in [2.24, 2.45) is 0 Å². The number of hydrogen-bond acceptors (Lipinski definition) is 4. The van der Waals surface area contributed by atoms with Gasteiger partial charge >= 0.3 is 0 Å². The van der Waals surface area contributed by atoms with Gasteiger partial charge in [-0.05, 0) is 41.5 Å². The first-order chi connectivity index (χ1) is 10.2. The highest BCUT2D eigenvalue weighted by Gasteiger charge is 2.19. The van der Waals surface area contributed by atoms with Gasteiger partial charge in [0.1, 0.15) is 23.4 Å². The summed E-state index contributed by atoms with van der Waals surface area (Å²) < 4.78 is 16.1. The second kappa shape index (κ2) is 5.66. The Morgan fingerprint density at radius 2 is 1.95 bits per heavy atom. The predicted octanol–water partition coefficient (Wildman–Crippen LogP) is 2.72. The average Bonchev–Trinajstić information content (AvgIpc) is 3.01. The Morgan fingerprint density at radius 3 is 2.71 bits per heavy atom. The van der Waals surface area contributed by atoms with E-state index >= 15 is 0 Å². The van der Waals surface area contributed by atoms with Crippen LogP contribution in [0.5, 0.6) is 17.2 Å². The van der Waals surface area contributed by atoms with Crippen molar-refractivity contribution in [2.45, 2.75) is 12.5 Å². The number of fused-ring (bicyclic) bond motifs is 1. The summed E-state index contributed by atoms with van der Waals surface area (Å²) in [5.74, 6) is 2.23. The molecule has 0 saturated carbocycles. The summed E-state index contributed by atoms with van der Waals surface area (Å²) in [6.45, 7) is 0.706. The number of benzene rings is 2. The van der Waals surface area contributed by atoms with Crippen molar-refractivity contribution in [1.82, 2.24) is 0 Å². The van der Waals surface area contributed by atoms with Gasteiger partial charge in [0.2, 0.25) is 0 Å². The summed E-state index contributed by atoms with van der Waals surface area (Å²) in [5, 5.41) is 10.7. The fourth-order valence-corrected chi connectivity index (χ4v) is 2.61. The standard InChI is InChI=1S/C17H18O4/c1-19-13-4-6-16(20-2)14(10-13)17(18)12-3-5-15-11(9-12)7-8-21-15/h3-6,9-10,17-18H,7-8H2,1-2H3. The molecular weight excluding hydrogens is 268 g/mol. The number of hydrogen-bond donors (Lipinski definition) is 1. The minimum Gasteiger partial charge on any atom is -0.497 e. The van der Waals surface area contributed by atoms with E-state index < -0.39 is 6.10 Å². The zero-order chi connectivity index (χ0) is 14.8. The lowest BCUT2D eigenvalue weighted by molar-refractivity contribution is 0.214. The molecular formula is C17H18O4. The van der Waals surface area contributed by atoms with Gasteiger partial charge in [0.15, 0.2) is 0 Å². The van der Waals surface area contributed by atoms with Gasteiger partial charge in [0.25, 0.3) is 0 Å². The SMILES string of the molecule is COc1ccc(OC)c(C(O)c2ccc3c(c2)CCO3)c1. The number of aliphatic hydroxyl groups is 1. The van der Waals surface area contributed by atoms with E-state index in [0.717, 1.165) is 23.3 Å². The van der Waals surface area contributed by atoms with Gasteiger partial charge in [-0.1, -0.05) is 6.07 Å². The molecule has 21 heavy (non-hydrogen) atoms. The molecule has 1 heterocycles. The number of methoxy groups -OCH3 is 2. The van der Waals surface area contributed by atoms with E-state index in [1.54, 1.807) is 26.4 Å². The Labute approximate surface area is 123 Å². The minimum absolute atomic E-state index is 0.639. The Bertz CT molecular complexity index is 651. The molecule has 0 fully saturated rings. The highest BCUT2D eigenvalue weighted by Crippen LogP contribution is 2.35. The van der Waals surface area contributed by atoms with Crippen molar-refractivity contribution in [1.29, 1.82) is 0 Å². The van der Waals surface area contributed by atoms with E-state index in [0.29, 0.717) is 23.7 Å². The smallest absolute Gasteiger partial charge is 0.125 e. The third-order valence-corrected chi connectivity index (χ3v) is 3.76. The molecule has 4 nitrogen and oxygen atoms in total. The van der Waals surface area contributed by atoms with Gasteiger partial charge < -0.3 is 19.3 Å². The van der Waals surface area contributed by atoms with Crippen molar-refractivity contribution >= 4 is 0 Å². The zero-order valence-electron chi connectivity index (χ0n) is 12.1. The number of ether oxygens (including phenoxy) is 3. The molecule has 110 valence electrons. The van der Waals surface area contributed by atoms with E-state index in [1.165, 1.54) is 0 Å². The first kappa shape index (κ1) is 13.8. The van der Waals surface area contributed by atoms with Crippen molar-refractivity contribution in [3.8, 4) is 17.2 Å². The summed E-state index contributed by atoms with van der Waals surface area (Å²) in [6.07, 6.45) is 0.117. The quantitative estimate of drug-likeness (QED) is 0.939. The summed E-state index contributed by atoms with van der Waals surface area (Å²) >= 11 is 0.